The summed E-state index contributed by atoms with van der Waals surface area (Å²) in [6, 6.07) is 9.16. The zero-order chi connectivity index (χ0) is 13.8. The number of benzene rings is 1. The number of hydrogen-bond donors (Lipinski definition) is 0. The highest BCUT2D eigenvalue weighted by molar-refractivity contribution is 5.96. The van der Waals surface area contributed by atoms with Crippen molar-refractivity contribution in [2.75, 3.05) is 0 Å². The number of Topliss-reactive ketones (excluding diaryl/α,β-unsaturated/α-hetero) is 1. The van der Waals surface area contributed by atoms with Crippen molar-refractivity contribution >= 4 is 5.78 Å². The number of carbonyl (C=O) groups excluding carboxylic acids is 1. The van der Waals surface area contributed by atoms with Crippen molar-refractivity contribution in [1.29, 1.82) is 5.26 Å². The van der Waals surface area contributed by atoms with Gasteiger partial charge in [0.2, 0.25) is 0 Å². The van der Waals surface area contributed by atoms with Crippen LogP contribution in [0, 0.1) is 18.3 Å². The van der Waals surface area contributed by atoms with Crippen LogP contribution in [-0.2, 0) is 4.74 Å². The van der Waals surface area contributed by atoms with Crippen molar-refractivity contribution in [2.24, 2.45) is 0 Å². The van der Waals surface area contributed by atoms with Crippen LogP contribution < -0.4 is 0 Å². The van der Waals surface area contributed by atoms with Gasteiger partial charge < -0.3 is 4.74 Å². The van der Waals surface area contributed by atoms with Crippen molar-refractivity contribution in [3.8, 4) is 6.07 Å². The smallest absolute Gasteiger partial charge is 0.175 e. The number of ketones is 1. The molecular formula is C15H16FNO2. The van der Waals surface area contributed by atoms with Crippen LogP contribution >= 0.6 is 0 Å². The fourth-order valence-electron chi connectivity index (χ4n) is 2.20. The van der Waals surface area contributed by atoms with E-state index in [1.54, 1.807) is 18.2 Å². The molecule has 4 heteroatoms. The molecule has 19 heavy (non-hydrogen) atoms. The lowest BCUT2D eigenvalue weighted by molar-refractivity contribution is 0.0547. The van der Waals surface area contributed by atoms with Gasteiger partial charge in [0.25, 0.3) is 0 Å². The van der Waals surface area contributed by atoms with Gasteiger partial charge in [0, 0.05) is 18.4 Å². The number of aryl methyl sites for hydroxylation is 1. The van der Waals surface area contributed by atoms with Gasteiger partial charge in [-0.1, -0.05) is 29.8 Å². The molecule has 1 aliphatic rings. The molecule has 0 aliphatic carbocycles. The van der Waals surface area contributed by atoms with E-state index in [1.807, 2.05) is 19.1 Å². The summed E-state index contributed by atoms with van der Waals surface area (Å²) in [5, 5.41) is 8.65. The Labute approximate surface area is 112 Å². The lowest BCUT2D eigenvalue weighted by Gasteiger charge is -2.08. The number of rotatable bonds is 4. The third-order valence-electron chi connectivity index (χ3n) is 3.35. The average Bonchev–Trinajstić information content (AvgIpc) is 2.77. The van der Waals surface area contributed by atoms with Crippen LogP contribution in [0.5, 0.6) is 0 Å². The van der Waals surface area contributed by atoms with E-state index in [-0.39, 0.29) is 18.3 Å². The molecule has 0 spiro atoms. The maximum Gasteiger partial charge on any atom is 0.175 e. The largest absolute Gasteiger partial charge is 0.357 e. The van der Waals surface area contributed by atoms with Gasteiger partial charge in [-0.25, -0.2) is 4.39 Å². The molecule has 0 aromatic heterocycles. The summed E-state index contributed by atoms with van der Waals surface area (Å²) < 4.78 is 18.5. The second-order valence-corrected chi connectivity index (χ2v) is 4.89. The molecule has 3 atom stereocenters. The Kier molecular flexibility index (Phi) is 4.28. The quantitative estimate of drug-likeness (QED) is 0.783. The first-order chi connectivity index (χ1) is 9.10. The SMILES string of the molecule is Cc1ccc(C(=O)CCC2CC(F)C(C#N)O2)cc1. The molecule has 1 aliphatic heterocycles. The number of hydrogen-bond acceptors (Lipinski definition) is 3. The standard InChI is InChI=1S/C15H16FNO2/c1-10-2-4-11(5-3-10)14(18)7-6-12-8-13(16)15(9-17)19-12/h2-5,12-13,15H,6-8H2,1H3. The van der Waals surface area contributed by atoms with Crippen molar-refractivity contribution < 1.29 is 13.9 Å². The van der Waals surface area contributed by atoms with Crippen LogP contribution in [0.4, 0.5) is 4.39 Å². The summed E-state index contributed by atoms with van der Waals surface area (Å²) in [7, 11) is 0. The molecule has 0 radical (unpaired) electrons. The van der Waals surface area contributed by atoms with E-state index in [4.69, 9.17) is 10.00 Å². The van der Waals surface area contributed by atoms with Crippen molar-refractivity contribution in [1.82, 2.24) is 0 Å². The molecule has 2 rings (SSSR count). The Morgan fingerprint density at radius 2 is 2.16 bits per heavy atom. The number of carbonyl (C=O) groups is 1. The van der Waals surface area contributed by atoms with E-state index in [0.29, 0.717) is 18.4 Å². The van der Waals surface area contributed by atoms with E-state index < -0.39 is 12.3 Å². The molecule has 1 heterocycles. The first-order valence-corrected chi connectivity index (χ1v) is 6.39. The molecule has 3 nitrogen and oxygen atoms in total. The third-order valence-corrected chi connectivity index (χ3v) is 3.35. The van der Waals surface area contributed by atoms with E-state index in [9.17, 15) is 9.18 Å². The van der Waals surface area contributed by atoms with Gasteiger partial charge in [-0.15, -0.1) is 0 Å². The van der Waals surface area contributed by atoms with Crippen LogP contribution in [-0.4, -0.2) is 24.2 Å². The lowest BCUT2D eigenvalue weighted by Crippen LogP contribution is -2.14. The van der Waals surface area contributed by atoms with Crippen LogP contribution in [0.2, 0.25) is 0 Å². The van der Waals surface area contributed by atoms with Crippen molar-refractivity contribution in [2.45, 2.75) is 44.6 Å². The number of nitrogens with zero attached hydrogens (tertiary/aromatic N) is 1. The lowest BCUT2D eigenvalue weighted by atomic mass is 10.0. The topological polar surface area (TPSA) is 50.1 Å². The van der Waals surface area contributed by atoms with Gasteiger partial charge in [0.15, 0.2) is 11.9 Å². The first-order valence-electron chi connectivity index (χ1n) is 6.39. The van der Waals surface area contributed by atoms with Gasteiger partial charge in [-0.2, -0.15) is 5.26 Å². The van der Waals surface area contributed by atoms with Gasteiger partial charge in [0.05, 0.1) is 12.2 Å². The summed E-state index contributed by atoms with van der Waals surface area (Å²) in [4.78, 5) is 11.9. The molecule has 0 bridgehead atoms. The number of ether oxygens (including phenoxy) is 1. The Morgan fingerprint density at radius 3 is 2.74 bits per heavy atom. The molecule has 100 valence electrons. The molecule has 3 unspecified atom stereocenters. The normalized spacial score (nSPS) is 26.1. The molecule has 1 aromatic rings. The fraction of sp³-hybridized carbons (Fsp3) is 0.467. The molecular weight excluding hydrogens is 245 g/mol. The average molecular weight is 261 g/mol. The van der Waals surface area contributed by atoms with E-state index >= 15 is 0 Å². The Balaban J connectivity index is 1.85. The molecule has 1 fully saturated rings. The molecule has 1 saturated heterocycles. The molecule has 1 aromatic carbocycles. The first kappa shape index (κ1) is 13.7. The summed E-state index contributed by atoms with van der Waals surface area (Å²) in [5.74, 6) is 0.0272. The summed E-state index contributed by atoms with van der Waals surface area (Å²) in [5.41, 5.74) is 1.77. The van der Waals surface area contributed by atoms with Gasteiger partial charge in [-0.05, 0) is 13.3 Å². The predicted molar refractivity (Wildman–Crippen MR) is 68.5 cm³/mol. The van der Waals surface area contributed by atoms with Gasteiger partial charge >= 0.3 is 0 Å². The number of alkyl halides is 1. The Bertz CT molecular complexity index is 492. The van der Waals surface area contributed by atoms with Gasteiger partial charge in [0.1, 0.15) is 6.17 Å². The zero-order valence-electron chi connectivity index (χ0n) is 10.8. The summed E-state index contributed by atoms with van der Waals surface area (Å²) >= 11 is 0. The minimum absolute atomic E-state index is 0.0272. The van der Waals surface area contributed by atoms with Gasteiger partial charge in [-0.3, -0.25) is 4.79 Å². The van der Waals surface area contributed by atoms with Crippen LogP contribution in [0.25, 0.3) is 0 Å². The van der Waals surface area contributed by atoms with E-state index in [2.05, 4.69) is 0 Å². The molecule has 0 saturated carbocycles. The van der Waals surface area contributed by atoms with Crippen molar-refractivity contribution in [3.63, 3.8) is 0 Å². The second kappa shape index (κ2) is 5.94. The number of halogens is 1. The van der Waals surface area contributed by atoms with E-state index in [0.717, 1.165) is 5.56 Å². The Morgan fingerprint density at radius 1 is 1.47 bits per heavy atom. The maximum absolute atomic E-state index is 13.3. The monoisotopic (exact) mass is 261 g/mol. The summed E-state index contributed by atoms with van der Waals surface area (Å²) in [6.45, 7) is 1.96. The summed E-state index contributed by atoms with van der Waals surface area (Å²) in [6.07, 6.45) is -1.54. The second-order valence-electron chi connectivity index (χ2n) is 4.89. The van der Waals surface area contributed by atoms with Crippen LogP contribution in [0.3, 0.4) is 0 Å². The van der Waals surface area contributed by atoms with E-state index in [1.165, 1.54) is 0 Å². The third kappa shape index (κ3) is 3.39. The highest BCUT2D eigenvalue weighted by Gasteiger charge is 2.35. The van der Waals surface area contributed by atoms with Crippen LogP contribution in [0.1, 0.15) is 35.2 Å². The highest BCUT2D eigenvalue weighted by atomic mass is 19.1. The fourth-order valence-corrected chi connectivity index (χ4v) is 2.20. The molecule has 0 N–H and O–H groups in total. The Hall–Kier alpha value is -1.73. The van der Waals surface area contributed by atoms with Crippen molar-refractivity contribution in [3.05, 3.63) is 35.4 Å². The van der Waals surface area contributed by atoms with Crippen LogP contribution in [0.15, 0.2) is 24.3 Å². The minimum Gasteiger partial charge on any atom is -0.357 e. The predicted octanol–water partition coefficient (Wildman–Crippen LogP) is 2.98. The minimum atomic E-state index is -1.23. The zero-order valence-corrected chi connectivity index (χ0v) is 10.8. The number of nitriles is 1. The molecule has 0 amide bonds. The highest BCUT2D eigenvalue weighted by Crippen LogP contribution is 2.26. The maximum atomic E-state index is 13.3.